The van der Waals surface area contributed by atoms with Crippen LogP contribution in [0.15, 0.2) is 42.5 Å². The second-order valence-electron chi connectivity index (χ2n) is 7.99. The summed E-state index contributed by atoms with van der Waals surface area (Å²) >= 11 is 0. The predicted molar refractivity (Wildman–Crippen MR) is 116 cm³/mol. The van der Waals surface area contributed by atoms with E-state index in [9.17, 15) is 14.0 Å². The molecule has 0 unspecified atom stereocenters. The van der Waals surface area contributed by atoms with E-state index in [0.717, 1.165) is 11.1 Å². The lowest BCUT2D eigenvalue weighted by molar-refractivity contribution is -0.142. The number of rotatable bonds is 9. The van der Waals surface area contributed by atoms with E-state index in [1.165, 1.54) is 11.0 Å². The average molecular weight is 415 g/mol. The minimum absolute atomic E-state index is 0.0159. The smallest absolute Gasteiger partial charge is 0.261 e. The molecule has 2 aromatic rings. The number of carbonyl (C=O) groups excluding carboxylic acids is 2. The summed E-state index contributed by atoms with van der Waals surface area (Å²) in [7, 11) is 0. The van der Waals surface area contributed by atoms with Crippen LogP contribution in [-0.4, -0.2) is 35.9 Å². The van der Waals surface area contributed by atoms with E-state index in [1.807, 2.05) is 45.9 Å². The van der Waals surface area contributed by atoms with Gasteiger partial charge in [0, 0.05) is 18.7 Å². The second kappa shape index (κ2) is 10.8. The van der Waals surface area contributed by atoms with Crippen molar-refractivity contribution in [3.63, 3.8) is 0 Å². The molecule has 1 N–H and O–H groups in total. The molecule has 0 aromatic heterocycles. The Morgan fingerprint density at radius 3 is 2.47 bits per heavy atom. The average Bonchev–Trinajstić information content (AvgIpc) is 2.71. The maximum Gasteiger partial charge on any atom is 0.261 e. The maximum atomic E-state index is 14.2. The lowest BCUT2D eigenvalue weighted by Crippen LogP contribution is -2.49. The van der Waals surface area contributed by atoms with Crippen molar-refractivity contribution in [2.24, 2.45) is 5.92 Å². The molecule has 0 aliphatic heterocycles. The molecule has 30 heavy (non-hydrogen) atoms. The van der Waals surface area contributed by atoms with Gasteiger partial charge >= 0.3 is 0 Å². The molecule has 0 radical (unpaired) electrons. The summed E-state index contributed by atoms with van der Waals surface area (Å²) < 4.78 is 19.9. The second-order valence-corrected chi connectivity index (χ2v) is 7.99. The zero-order chi connectivity index (χ0) is 22.3. The Hall–Kier alpha value is -2.89. The van der Waals surface area contributed by atoms with Gasteiger partial charge in [0.05, 0.1) is 0 Å². The molecule has 0 heterocycles. The minimum Gasteiger partial charge on any atom is -0.483 e. The van der Waals surface area contributed by atoms with Gasteiger partial charge in [0.15, 0.2) is 6.61 Å². The van der Waals surface area contributed by atoms with E-state index in [4.69, 9.17) is 4.74 Å². The number of benzene rings is 2. The quantitative estimate of drug-likeness (QED) is 0.674. The first-order chi connectivity index (χ1) is 14.2. The Morgan fingerprint density at radius 2 is 1.80 bits per heavy atom. The first kappa shape index (κ1) is 23.4. The third-order valence-corrected chi connectivity index (χ3v) is 4.85. The van der Waals surface area contributed by atoms with Crippen molar-refractivity contribution in [1.82, 2.24) is 10.2 Å². The van der Waals surface area contributed by atoms with E-state index in [0.29, 0.717) is 17.9 Å². The van der Waals surface area contributed by atoms with Crippen LogP contribution in [0.2, 0.25) is 0 Å². The number of ether oxygens (including phenoxy) is 1. The highest BCUT2D eigenvalue weighted by Gasteiger charge is 2.27. The Kier molecular flexibility index (Phi) is 8.39. The Labute approximate surface area is 178 Å². The van der Waals surface area contributed by atoms with Gasteiger partial charge in [-0.25, -0.2) is 4.39 Å². The number of aryl methyl sites for hydroxylation is 2. The third kappa shape index (κ3) is 6.58. The molecule has 1 atom stereocenters. The molecule has 0 fully saturated rings. The number of amides is 2. The predicted octanol–water partition coefficient (Wildman–Crippen LogP) is 4.01. The van der Waals surface area contributed by atoms with Crippen molar-refractivity contribution in [2.45, 2.75) is 47.2 Å². The first-order valence-corrected chi connectivity index (χ1v) is 10.2. The Morgan fingerprint density at radius 1 is 1.10 bits per heavy atom. The molecule has 2 aromatic carbocycles. The summed E-state index contributed by atoms with van der Waals surface area (Å²) in [6, 6.07) is 11.2. The van der Waals surface area contributed by atoms with Gasteiger partial charge in [0.25, 0.3) is 5.91 Å². The molecule has 0 saturated heterocycles. The van der Waals surface area contributed by atoms with Crippen molar-refractivity contribution in [2.75, 3.05) is 13.2 Å². The molecule has 2 amide bonds. The summed E-state index contributed by atoms with van der Waals surface area (Å²) in [4.78, 5) is 27.0. The van der Waals surface area contributed by atoms with E-state index in [1.54, 1.807) is 25.1 Å². The van der Waals surface area contributed by atoms with E-state index in [-0.39, 0.29) is 30.9 Å². The molecular weight excluding hydrogens is 383 g/mol. The zero-order valence-electron chi connectivity index (χ0n) is 18.4. The van der Waals surface area contributed by atoms with Crippen LogP contribution in [0.1, 0.15) is 37.5 Å². The van der Waals surface area contributed by atoms with Crippen LogP contribution in [-0.2, 0) is 16.1 Å². The summed E-state index contributed by atoms with van der Waals surface area (Å²) in [6.45, 7) is 9.73. The first-order valence-electron chi connectivity index (χ1n) is 10.2. The van der Waals surface area contributed by atoms with Crippen LogP contribution in [0.4, 0.5) is 4.39 Å². The maximum absolute atomic E-state index is 14.2. The lowest BCUT2D eigenvalue weighted by atomic mass is 10.1. The van der Waals surface area contributed by atoms with Crippen LogP contribution in [0, 0.1) is 25.6 Å². The zero-order valence-corrected chi connectivity index (χ0v) is 18.4. The largest absolute Gasteiger partial charge is 0.483 e. The van der Waals surface area contributed by atoms with Crippen LogP contribution in [0.5, 0.6) is 5.75 Å². The summed E-state index contributed by atoms with van der Waals surface area (Å²) in [5, 5.41) is 2.84. The fraction of sp³-hybridized carbons (Fsp3) is 0.417. The van der Waals surface area contributed by atoms with Gasteiger partial charge in [-0.1, -0.05) is 44.2 Å². The van der Waals surface area contributed by atoms with E-state index in [2.05, 4.69) is 5.32 Å². The van der Waals surface area contributed by atoms with Crippen molar-refractivity contribution in [1.29, 1.82) is 0 Å². The Balaban J connectivity index is 2.18. The monoisotopic (exact) mass is 414 g/mol. The van der Waals surface area contributed by atoms with Crippen LogP contribution in [0.25, 0.3) is 0 Å². The minimum atomic E-state index is -0.766. The molecule has 5 nitrogen and oxygen atoms in total. The summed E-state index contributed by atoms with van der Waals surface area (Å²) in [5.41, 5.74) is 2.28. The number of nitrogens with zero attached hydrogens (tertiary/aromatic N) is 1. The highest BCUT2D eigenvalue weighted by Crippen LogP contribution is 2.20. The van der Waals surface area contributed by atoms with Crippen molar-refractivity contribution >= 4 is 11.8 Å². The van der Waals surface area contributed by atoms with Gasteiger partial charge in [0.2, 0.25) is 5.91 Å². The fourth-order valence-corrected chi connectivity index (χ4v) is 2.93. The van der Waals surface area contributed by atoms with Gasteiger partial charge in [-0.3, -0.25) is 9.59 Å². The third-order valence-electron chi connectivity index (χ3n) is 4.85. The van der Waals surface area contributed by atoms with Gasteiger partial charge in [0.1, 0.15) is 17.6 Å². The SMILES string of the molecule is Cc1ccc(C)c(OCC(=O)N(Cc2ccccc2F)[C@@H](C)C(=O)NCC(C)C)c1. The molecule has 0 bridgehead atoms. The van der Waals surface area contributed by atoms with E-state index < -0.39 is 11.9 Å². The highest BCUT2D eigenvalue weighted by atomic mass is 19.1. The van der Waals surface area contributed by atoms with Gasteiger partial charge in [-0.2, -0.15) is 0 Å². The van der Waals surface area contributed by atoms with Gasteiger partial charge in [-0.05, 0) is 49.9 Å². The number of hydrogen-bond donors (Lipinski definition) is 1. The van der Waals surface area contributed by atoms with Crippen molar-refractivity contribution in [3.05, 3.63) is 65.0 Å². The van der Waals surface area contributed by atoms with Crippen LogP contribution < -0.4 is 10.1 Å². The Bertz CT molecular complexity index is 883. The van der Waals surface area contributed by atoms with Gasteiger partial charge < -0.3 is 15.0 Å². The summed E-state index contributed by atoms with van der Waals surface area (Å²) in [5.74, 6) is -0.178. The van der Waals surface area contributed by atoms with Crippen molar-refractivity contribution in [3.8, 4) is 5.75 Å². The normalized spacial score (nSPS) is 11.8. The molecule has 0 spiro atoms. The van der Waals surface area contributed by atoms with Crippen LogP contribution >= 0.6 is 0 Å². The number of carbonyl (C=O) groups is 2. The molecule has 6 heteroatoms. The fourth-order valence-electron chi connectivity index (χ4n) is 2.93. The van der Waals surface area contributed by atoms with E-state index >= 15 is 0 Å². The molecule has 2 rings (SSSR count). The number of nitrogens with one attached hydrogen (secondary N) is 1. The summed E-state index contributed by atoms with van der Waals surface area (Å²) in [6.07, 6.45) is 0. The number of halogens is 1. The lowest BCUT2D eigenvalue weighted by Gasteiger charge is -2.29. The molecule has 162 valence electrons. The topological polar surface area (TPSA) is 58.6 Å². The highest BCUT2D eigenvalue weighted by molar-refractivity contribution is 5.88. The van der Waals surface area contributed by atoms with Crippen molar-refractivity contribution < 1.29 is 18.7 Å². The number of hydrogen-bond acceptors (Lipinski definition) is 3. The molecule has 0 saturated carbocycles. The molecule has 0 aliphatic carbocycles. The van der Waals surface area contributed by atoms with Crippen LogP contribution in [0.3, 0.4) is 0 Å². The van der Waals surface area contributed by atoms with Gasteiger partial charge in [-0.15, -0.1) is 0 Å². The molecular formula is C24H31FN2O3. The molecule has 0 aliphatic rings. The standard InChI is InChI=1S/C24H31FN2O3/c1-16(2)13-26-24(29)19(5)27(14-20-8-6-7-9-21(20)25)23(28)15-30-22-12-17(3)10-11-18(22)4/h6-12,16,19H,13-15H2,1-5H3,(H,26,29)/t19-/m0/s1.